The van der Waals surface area contributed by atoms with Gasteiger partial charge in [0.05, 0.1) is 36.4 Å². The van der Waals surface area contributed by atoms with Gasteiger partial charge in [-0.1, -0.05) is 34.1 Å². The van der Waals surface area contributed by atoms with Crippen molar-refractivity contribution in [2.24, 2.45) is 11.8 Å². The molecule has 2 aliphatic rings. The van der Waals surface area contributed by atoms with Crippen molar-refractivity contribution < 1.29 is 39.2 Å². The van der Waals surface area contributed by atoms with Crippen molar-refractivity contribution in [1.82, 2.24) is 20.0 Å². The molecular formula is C31H58N4O8. The molecule has 0 aromatic rings. The molecule has 0 bridgehead atoms. The number of hydrogen-bond donors (Lipinski definition) is 4. The lowest BCUT2D eigenvalue weighted by Crippen LogP contribution is -2.57. The molecule has 2 heterocycles. The van der Waals surface area contributed by atoms with Crippen LogP contribution in [0.15, 0.2) is 0 Å². The summed E-state index contributed by atoms with van der Waals surface area (Å²) in [5, 5.41) is 37.0. The number of aliphatic hydroxyl groups excluding tert-OH is 2. The first-order chi connectivity index (χ1) is 20.0. The summed E-state index contributed by atoms with van der Waals surface area (Å²) in [5.41, 5.74) is -1.49. The van der Waals surface area contributed by atoms with Gasteiger partial charge in [0, 0.05) is 32.6 Å². The van der Waals surface area contributed by atoms with Crippen molar-refractivity contribution in [1.29, 1.82) is 0 Å². The van der Waals surface area contributed by atoms with Crippen molar-refractivity contribution in [3.63, 3.8) is 0 Å². The highest BCUT2D eigenvalue weighted by molar-refractivity contribution is 5.90. The number of carbonyl (C=O) groups is 3. The fourth-order valence-corrected chi connectivity index (χ4v) is 5.85. The Bertz CT molecular complexity index is 916. The van der Waals surface area contributed by atoms with Crippen LogP contribution in [0.2, 0.25) is 0 Å². The van der Waals surface area contributed by atoms with Crippen LogP contribution < -0.4 is 5.32 Å². The molecule has 0 saturated carbocycles. The molecule has 43 heavy (non-hydrogen) atoms. The maximum absolute atomic E-state index is 13.6. The first-order valence-electron chi connectivity index (χ1n) is 15.9. The molecule has 2 aliphatic heterocycles. The molecule has 0 unspecified atom stereocenters. The van der Waals surface area contributed by atoms with E-state index in [0.29, 0.717) is 32.4 Å². The van der Waals surface area contributed by atoms with Crippen LogP contribution >= 0.6 is 0 Å². The van der Waals surface area contributed by atoms with Crippen LogP contribution in [-0.2, 0) is 23.9 Å². The van der Waals surface area contributed by atoms with E-state index in [2.05, 4.69) is 5.32 Å². The first-order valence-corrected chi connectivity index (χ1v) is 15.9. The van der Waals surface area contributed by atoms with E-state index in [4.69, 9.17) is 9.47 Å². The Morgan fingerprint density at radius 3 is 2.37 bits per heavy atom. The van der Waals surface area contributed by atoms with E-state index in [-0.39, 0.29) is 43.4 Å². The molecule has 4 N–H and O–H groups in total. The second-order valence-corrected chi connectivity index (χ2v) is 13.4. The zero-order valence-corrected chi connectivity index (χ0v) is 27.8. The summed E-state index contributed by atoms with van der Waals surface area (Å²) < 4.78 is 12.3. The molecule has 9 atom stereocenters. The minimum atomic E-state index is -1.49. The van der Waals surface area contributed by atoms with Gasteiger partial charge in [-0.3, -0.25) is 14.4 Å². The predicted octanol–water partition coefficient (Wildman–Crippen LogP) is 0.957. The van der Waals surface area contributed by atoms with Gasteiger partial charge in [-0.25, -0.2) is 0 Å². The average Bonchev–Trinajstić information content (AvgIpc) is 2.92. The zero-order chi connectivity index (χ0) is 32.6. The van der Waals surface area contributed by atoms with Gasteiger partial charge in [-0.15, -0.1) is 0 Å². The summed E-state index contributed by atoms with van der Waals surface area (Å²) in [7, 11) is 5.40. The molecule has 2 rings (SSSR count). The summed E-state index contributed by atoms with van der Waals surface area (Å²) in [4.78, 5) is 45.0. The minimum Gasteiger partial charge on any atom is -0.392 e. The van der Waals surface area contributed by atoms with Crippen molar-refractivity contribution >= 4 is 17.7 Å². The lowest BCUT2D eigenvalue weighted by molar-refractivity contribution is -0.290. The highest BCUT2D eigenvalue weighted by Crippen LogP contribution is 2.32. The zero-order valence-electron chi connectivity index (χ0n) is 27.8. The number of rotatable bonds is 7. The fourth-order valence-electron chi connectivity index (χ4n) is 5.85. The Kier molecular flexibility index (Phi) is 14.3. The summed E-state index contributed by atoms with van der Waals surface area (Å²) >= 11 is 0. The Morgan fingerprint density at radius 1 is 1.14 bits per heavy atom. The van der Waals surface area contributed by atoms with Crippen molar-refractivity contribution in [3.05, 3.63) is 0 Å². The lowest BCUT2D eigenvalue weighted by atomic mass is 9.86. The van der Waals surface area contributed by atoms with Crippen LogP contribution in [0.25, 0.3) is 0 Å². The number of amides is 3. The second kappa shape index (κ2) is 16.5. The molecule has 0 aromatic heterocycles. The van der Waals surface area contributed by atoms with E-state index in [1.54, 1.807) is 20.9 Å². The van der Waals surface area contributed by atoms with Gasteiger partial charge in [-0.2, -0.15) is 0 Å². The molecule has 250 valence electrons. The minimum absolute atomic E-state index is 0.106. The van der Waals surface area contributed by atoms with Gasteiger partial charge in [0.15, 0.2) is 6.29 Å². The molecule has 12 heteroatoms. The molecule has 0 aromatic carbocycles. The van der Waals surface area contributed by atoms with Crippen LogP contribution in [0.5, 0.6) is 0 Å². The predicted molar refractivity (Wildman–Crippen MR) is 163 cm³/mol. The number of nitrogens with one attached hydrogen (secondary N) is 1. The summed E-state index contributed by atoms with van der Waals surface area (Å²) in [6.45, 7) is 11.2. The smallest absolute Gasteiger partial charge is 0.245 e. The molecule has 3 amide bonds. The molecule has 0 radical (unpaired) electrons. The second-order valence-electron chi connectivity index (χ2n) is 13.4. The Balaban J connectivity index is 2.44. The number of carbonyl (C=O) groups excluding carboxylic acids is 3. The Morgan fingerprint density at radius 2 is 1.79 bits per heavy atom. The number of ether oxygens (including phenoxy) is 2. The normalized spacial score (nSPS) is 36.4. The van der Waals surface area contributed by atoms with Crippen LogP contribution in [0.3, 0.4) is 0 Å². The van der Waals surface area contributed by atoms with Crippen LogP contribution in [0.4, 0.5) is 0 Å². The number of nitrogens with zero attached hydrogens (tertiary/aromatic N) is 3. The quantitative estimate of drug-likeness (QED) is 0.329. The maximum Gasteiger partial charge on any atom is 0.245 e. The standard InChI is InChI=1S/C31H58N4O8/c1-10-11-15-35-18-25(37)32-26(19(2)3)29(40)34(9)14-12-13-31(6,41)24(17-23(36)21(5)28(35)39)43-30-27(38)22(33(7)8)16-20(4)42-30/h19-24,26-27,30,36,38,41H,10-18H2,1-9H3,(H,32,37)/t20-,21-,22+,23+,24-,26+,27-,30+,31-/m1/s1. The van der Waals surface area contributed by atoms with Crippen molar-refractivity contribution in [3.8, 4) is 0 Å². The highest BCUT2D eigenvalue weighted by atomic mass is 16.7. The van der Waals surface area contributed by atoms with Gasteiger partial charge in [0.2, 0.25) is 17.7 Å². The maximum atomic E-state index is 13.6. The van der Waals surface area contributed by atoms with Gasteiger partial charge in [0.1, 0.15) is 12.1 Å². The van der Waals surface area contributed by atoms with E-state index in [0.717, 1.165) is 6.42 Å². The Hall–Kier alpha value is -1.83. The molecular weight excluding hydrogens is 556 g/mol. The van der Waals surface area contributed by atoms with Crippen LogP contribution in [0, 0.1) is 11.8 Å². The first kappa shape index (κ1) is 37.4. The SMILES string of the molecule is CCCCN1CC(=O)N[C@@H](C(C)C)C(=O)N(C)CCC[C@@](C)(O)[C@H](O[C@@H]2O[C@H](C)C[C@H](N(C)C)[C@H]2O)C[C@H](O)[C@@H](C)C1=O. The van der Waals surface area contributed by atoms with Crippen LogP contribution in [0.1, 0.15) is 80.1 Å². The largest absolute Gasteiger partial charge is 0.392 e. The molecule has 2 fully saturated rings. The molecule has 12 nitrogen and oxygen atoms in total. The van der Waals surface area contributed by atoms with Gasteiger partial charge in [0.25, 0.3) is 0 Å². The number of hydrogen-bond acceptors (Lipinski definition) is 9. The van der Waals surface area contributed by atoms with E-state index >= 15 is 0 Å². The fraction of sp³-hybridized carbons (Fsp3) is 0.903. The van der Waals surface area contributed by atoms with E-state index in [1.807, 2.05) is 46.7 Å². The van der Waals surface area contributed by atoms with Gasteiger partial charge >= 0.3 is 0 Å². The average molecular weight is 615 g/mol. The van der Waals surface area contributed by atoms with Crippen LogP contribution in [-0.4, -0.2) is 137 Å². The van der Waals surface area contributed by atoms with Gasteiger partial charge in [-0.05, 0) is 59.5 Å². The monoisotopic (exact) mass is 614 g/mol. The third kappa shape index (κ3) is 10.4. The lowest BCUT2D eigenvalue weighted by Gasteiger charge is -2.44. The van der Waals surface area contributed by atoms with E-state index < -0.39 is 54.0 Å². The van der Waals surface area contributed by atoms with Crippen molar-refractivity contribution in [2.75, 3.05) is 40.8 Å². The topological polar surface area (TPSA) is 152 Å². The molecule has 2 saturated heterocycles. The van der Waals surface area contributed by atoms with Gasteiger partial charge < -0.3 is 44.8 Å². The number of aliphatic hydroxyl groups is 3. The Labute approximate surface area is 258 Å². The van der Waals surface area contributed by atoms with Crippen molar-refractivity contribution in [2.45, 2.75) is 128 Å². The summed E-state index contributed by atoms with van der Waals surface area (Å²) in [6.07, 6.45) is -1.91. The molecule has 0 spiro atoms. The molecule has 0 aliphatic carbocycles. The third-order valence-corrected chi connectivity index (χ3v) is 8.92. The number of unbranched alkanes of at least 4 members (excludes halogenated alkanes) is 1. The van der Waals surface area contributed by atoms with E-state index in [1.165, 1.54) is 9.80 Å². The highest BCUT2D eigenvalue weighted by Gasteiger charge is 2.44. The third-order valence-electron chi connectivity index (χ3n) is 8.92. The van der Waals surface area contributed by atoms with E-state index in [9.17, 15) is 29.7 Å². The number of likely N-dealkylation sites (N-methyl/N-ethyl adjacent to an activating group) is 2. The summed E-state index contributed by atoms with van der Waals surface area (Å²) in [6, 6.07) is -1.01. The summed E-state index contributed by atoms with van der Waals surface area (Å²) in [5.74, 6) is -2.17.